The Morgan fingerprint density at radius 3 is 2.50 bits per heavy atom. The number of carbonyl (C=O) groups excluding carboxylic acids is 2. The standard InChI is InChI=1S/C22H19NO3/c1-16-20(23-22(26-16)19-7-3-2-4-8-19)13-14-21(25)18-11-9-17(10-12-18)6-5-15-24/h2-12,15H,13-14H2,1H3. The minimum atomic E-state index is 0.0552. The van der Waals surface area contributed by atoms with Gasteiger partial charge < -0.3 is 4.42 Å². The fourth-order valence-electron chi connectivity index (χ4n) is 2.67. The normalized spacial score (nSPS) is 11.0. The number of hydrogen-bond acceptors (Lipinski definition) is 4. The van der Waals surface area contributed by atoms with Crippen LogP contribution < -0.4 is 0 Å². The summed E-state index contributed by atoms with van der Waals surface area (Å²) in [6.07, 6.45) is 4.75. The predicted octanol–water partition coefficient (Wildman–Crippen LogP) is 4.68. The molecule has 4 nitrogen and oxygen atoms in total. The molecule has 1 heterocycles. The summed E-state index contributed by atoms with van der Waals surface area (Å²) in [5.41, 5.74) is 3.26. The Hall–Kier alpha value is -3.27. The summed E-state index contributed by atoms with van der Waals surface area (Å²) in [4.78, 5) is 27.3. The maximum absolute atomic E-state index is 12.4. The van der Waals surface area contributed by atoms with E-state index in [4.69, 9.17) is 4.42 Å². The van der Waals surface area contributed by atoms with Crippen molar-refractivity contribution in [2.75, 3.05) is 0 Å². The molecule has 3 rings (SSSR count). The molecule has 0 N–H and O–H groups in total. The molecule has 0 saturated heterocycles. The van der Waals surface area contributed by atoms with Crippen LogP contribution in [0.3, 0.4) is 0 Å². The van der Waals surface area contributed by atoms with E-state index in [0.717, 1.165) is 28.9 Å². The summed E-state index contributed by atoms with van der Waals surface area (Å²) >= 11 is 0. The minimum Gasteiger partial charge on any atom is -0.441 e. The third-order valence-electron chi connectivity index (χ3n) is 4.10. The van der Waals surface area contributed by atoms with E-state index in [2.05, 4.69) is 4.98 Å². The zero-order valence-electron chi connectivity index (χ0n) is 14.5. The Kier molecular flexibility index (Phi) is 5.54. The van der Waals surface area contributed by atoms with Gasteiger partial charge in [-0.15, -0.1) is 0 Å². The number of rotatable bonds is 7. The first kappa shape index (κ1) is 17.5. The molecule has 0 radical (unpaired) electrons. The number of carbonyl (C=O) groups is 2. The zero-order valence-corrected chi connectivity index (χ0v) is 14.5. The van der Waals surface area contributed by atoms with Crippen molar-refractivity contribution in [2.24, 2.45) is 0 Å². The van der Waals surface area contributed by atoms with E-state index in [0.29, 0.717) is 24.3 Å². The second kappa shape index (κ2) is 8.21. The Labute approximate surface area is 152 Å². The molecule has 1 aromatic heterocycles. The van der Waals surface area contributed by atoms with Gasteiger partial charge in [-0.25, -0.2) is 4.98 Å². The van der Waals surface area contributed by atoms with Gasteiger partial charge in [0, 0.05) is 24.0 Å². The highest BCUT2D eigenvalue weighted by Crippen LogP contribution is 2.22. The molecular formula is C22H19NO3. The lowest BCUT2D eigenvalue weighted by atomic mass is 10.0. The average Bonchev–Trinajstić information content (AvgIpc) is 3.06. The molecule has 130 valence electrons. The first-order valence-corrected chi connectivity index (χ1v) is 8.44. The van der Waals surface area contributed by atoms with Crippen LogP contribution in [0.2, 0.25) is 0 Å². The van der Waals surface area contributed by atoms with Gasteiger partial charge in [-0.1, -0.05) is 48.5 Å². The van der Waals surface area contributed by atoms with Crippen LogP contribution in [0.4, 0.5) is 0 Å². The number of aldehydes is 1. The van der Waals surface area contributed by atoms with Crippen molar-refractivity contribution in [3.8, 4) is 11.5 Å². The van der Waals surface area contributed by atoms with Gasteiger partial charge in [0.1, 0.15) is 12.0 Å². The number of aryl methyl sites for hydroxylation is 2. The molecular weight excluding hydrogens is 326 g/mol. The second-order valence-corrected chi connectivity index (χ2v) is 5.93. The van der Waals surface area contributed by atoms with Crippen LogP contribution in [-0.4, -0.2) is 17.1 Å². The van der Waals surface area contributed by atoms with Crippen LogP contribution >= 0.6 is 0 Å². The molecule has 0 aliphatic heterocycles. The Bertz CT molecular complexity index is 922. The molecule has 0 atom stereocenters. The largest absolute Gasteiger partial charge is 0.441 e. The van der Waals surface area contributed by atoms with E-state index in [9.17, 15) is 9.59 Å². The van der Waals surface area contributed by atoms with E-state index in [1.807, 2.05) is 49.4 Å². The van der Waals surface area contributed by atoms with Gasteiger partial charge >= 0.3 is 0 Å². The molecule has 0 spiro atoms. The number of benzene rings is 2. The monoisotopic (exact) mass is 345 g/mol. The number of aromatic nitrogens is 1. The highest BCUT2D eigenvalue weighted by molar-refractivity contribution is 5.96. The van der Waals surface area contributed by atoms with Crippen LogP contribution in [0.1, 0.15) is 33.8 Å². The van der Waals surface area contributed by atoms with Crippen molar-refractivity contribution in [2.45, 2.75) is 19.8 Å². The van der Waals surface area contributed by atoms with E-state index in [1.165, 1.54) is 6.08 Å². The SMILES string of the molecule is Cc1oc(-c2ccccc2)nc1CCC(=O)c1ccc(C=CC=O)cc1. The van der Waals surface area contributed by atoms with Crippen molar-refractivity contribution in [3.63, 3.8) is 0 Å². The minimum absolute atomic E-state index is 0.0552. The van der Waals surface area contributed by atoms with Crippen molar-refractivity contribution in [3.05, 3.63) is 83.3 Å². The summed E-state index contributed by atoms with van der Waals surface area (Å²) in [7, 11) is 0. The van der Waals surface area contributed by atoms with E-state index in [-0.39, 0.29) is 5.78 Å². The van der Waals surface area contributed by atoms with Crippen molar-refractivity contribution in [1.29, 1.82) is 0 Å². The van der Waals surface area contributed by atoms with Gasteiger partial charge in [0.15, 0.2) is 5.78 Å². The van der Waals surface area contributed by atoms with Gasteiger partial charge in [-0.05, 0) is 30.7 Å². The molecule has 0 saturated carbocycles. The van der Waals surface area contributed by atoms with Crippen LogP contribution in [0.15, 0.2) is 65.1 Å². The molecule has 26 heavy (non-hydrogen) atoms. The van der Waals surface area contributed by atoms with Crippen molar-refractivity contribution >= 4 is 18.1 Å². The van der Waals surface area contributed by atoms with Gasteiger partial charge in [0.2, 0.25) is 5.89 Å². The molecule has 0 bridgehead atoms. The fourth-order valence-corrected chi connectivity index (χ4v) is 2.67. The van der Waals surface area contributed by atoms with Crippen LogP contribution in [0.5, 0.6) is 0 Å². The highest BCUT2D eigenvalue weighted by atomic mass is 16.4. The van der Waals surface area contributed by atoms with Crippen LogP contribution in [0, 0.1) is 6.92 Å². The molecule has 0 unspecified atom stereocenters. The number of ketones is 1. The van der Waals surface area contributed by atoms with Gasteiger partial charge in [0.05, 0.1) is 5.69 Å². The third kappa shape index (κ3) is 4.22. The lowest BCUT2D eigenvalue weighted by Gasteiger charge is -2.01. The summed E-state index contributed by atoms with van der Waals surface area (Å²) in [5, 5.41) is 0. The number of allylic oxidation sites excluding steroid dienone is 1. The average molecular weight is 345 g/mol. The molecule has 4 heteroatoms. The first-order valence-electron chi connectivity index (χ1n) is 8.44. The molecule has 0 amide bonds. The number of oxazole rings is 1. The summed E-state index contributed by atoms with van der Waals surface area (Å²) in [6.45, 7) is 1.87. The Morgan fingerprint density at radius 1 is 1.08 bits per heavy atom. The third-order valence-corrected chi connectivity index (χ3v) is 4.10. The van der Waals surface area contributed by atoms with E-state index >= 15 is 0 Å². The van der Waals surface area contributed by atoms with E-state index < -0.39 is 0 Å². The molecule has 0 fully saturated rings. The Morgan fingerprint density at radius 2 is 1.81 bits per heavy atom. The molecule has 0 aliphatic rings. The topological polar surface area (TPSA) is 60.2 Å². The lowest BCUT2D eigenvalue weighted by molar-refractivity contribution is -0.104. The maximum atomic E-state index is 12.4. The lowest BCUT2D eigenvalue weighted by Crippen LogP contribution is -2.02. The molecule has 2 aromatic carbocycles. The van der Waals surface area contributed by atoms with Crippen LogP contribution in [-0.2, 0) is 11.2 Å². The van der Waals surface area contributed by atoms with Crippen molar-refractivity contribution in [1.82, 2.24) is 4.98 Å². The zero-order chi connectivity index (χ0) is 18.4. The van der Waals surface area contributed by atoms with Gasteiger partial charge in [0.25, 0.3) is 0 Å². The molecule has 0 aliphatic carbocycles. The van der Waals surface area contributed by atoms with Crippen LogP contribution in [0.25, 0.3) is 17.5 Å². The van der Waals surface area contributed by atoms with E-state index in [1.54, 1.807) is 18.2 Å². The summed E-state index contributed by atoms with van der Waals surface area (Å²) in [6, 6.07) is 16.9. The maximum Gasteiger partial charge on any atom is 0.226 e. The quantitative estimate of drug-likeness (QED) is 0.354. The van der Waals surface area contributed by atoms with Gasteiger partial charge in [-0.2, -0.15) is 0 Å². The molecule has 3 aromatic rings. The summed E-state index contributed by atoms with van der Waals surface area (Å²) < 4.78 is 5.73. The van der Waals surface area contributed by atoms with Crippen molar-refractivity contribution < 1.29 is 14.0 Å². The fraction of sp³-hybridized carbons (Fsp3) is 0.136. The summed E-state index contributed by atoms with van der Waals surface area (Å²) in [5.74, 6) is 1.38. The number of nitrogens with zero attached hydrogens (tertiary/aromatic N) is 1. The Balaban J connectivity index is 1.65. The second-order valence-electron chi connectivity index (χ2n) is 5.93. The first-order chi connectivity index (χ1) is 12.7. The number of Topliss-reactive ketones (excluding diaryl/α,β-unsaturated/α-hetero) is 1. The number of hydrogen-bond donors (Lipinski definition) is 0. The van der Waals surface area contributed by atoms with Gasteiger partial charge in [-0.3, -0.25) is 9.59 Å². The highest BCUT2D eigenvalue weighted by Gasteiger charge is 2.13. The smallest absolute Gasteiger partial charge is 0.226 e. The predicted molar refractivity (Wildman–Crippen MR) is 101 cm³/mol.